The highest BCUT2D eigenvalue weighted by atomic mass is 16.6. The molecule has 0 saturated carbocycles. The van der Waals surface area contributed by atoms with Crippen molar-refractivity contribution in [3.8, 4) is 5.75 Å². The molecule has 0 atom stereocenters. The Morgan fingerprint density at radius 1 is 1.40 bits per heavy atom. The minimum absolute atomic E-state index is 0.326. The Morgan fingerprint density at radius 3 is 2.70 bits per heavy atom. The summed E-state index contributed by atoms with van der Waals surface area (Å²) in [6, 6.07) is 5.15. The van der Waals surface area contributed by atoms with Crippen molar-refractivity contribution < 1.29 is 9.53 Å². The summed E-state index contributed by atoms with van der Waals surface area (Å²) in [5.74, 6) is 0.262. The second-order valence-corrected chi connectivity index (χ2v) is 2.11. The van der Waals surface area contributed by atoms with Gasteiger partial charge >= 0.3 is 5.97 Å². The van der Waals surface area contributed by atoms with Crippen LogP contribution in [0.5, 0.6) is 5.75 Å². The van der Waals surface area contributed by atoms with Gasteiger partial charge in [0, 0.05) is 5.69 Å². The first-order valence-electron chi connectivity index (χ1n) is 2.90. The van der Waals surface area contributed by atoms with E-state index in [1.54, 1.807) is 18.2 Å². The number of anilines is 1. The molecule has 1 aliphatic heterocycles. The average molecular weight is 135 g/mol. The van der Waals surface area contributed by atoms with E-state index < -0.39 is 0 Å². The molecule has 0 aromatic heterocycles. The molecule has 1 heterocycles. The molecule has 1 aromatic rings. The summed E-state index contributed by atoms with van der Waals surface area (Å²) in [5, 5.41) is 0. The zero-order chi connectivity index (χ0) is 7.14. The first-order valence-corrected chi connectivity index (χ1v) is 2.90. The van der Waals surface area contributed by atoms with E-state index in [0.717, 1.165) is 0 Å². The van der Waals surface area contributed by atoms with Crippen LogP contribution in [-0.4, -0.2) is 5.97 Å². The predicted molar refractivity (Wildman–Crippen MR) is 35.8 cm³/mol. The second kappa shape index (κ2) is 1.50. The lowest BCUT2D eigenvalue weighted by molar-refractivity contribution is 0.0660. The lowest BCUT2D eigenvalue weighted by Crippen LogP contribution is -2.22. The monoisotopic (exact) mass is 135 g/mol. The lowest BCUT2D eigenvalue weighted by Gasteiger charge is -2.18. The largest absolute Gasteiger partial charge is 0.422 e. The molecule has 2 rings (SSSR count). The number of hydrogen-bond donors (Lipinski definition) is 1. The first kappa shape index (κ1) is 5.29. The van der Waals surface area contributed by atoms with Crippen molar-refractivity contribution in [2.24, 2.45) is 0 Å². The number of ether oxygens (including phenoxy) is 1. The van der Waals surface area contributed by atoms with Gasteiger partial charge in [-0.05, 0) is 12.1 Å². The summed E-state index contributed by atoms with van der Waals surface area (Å²) in [4.78, 5) is 10.6. The third kappa shape index (κ3) is 0.466. The van der Waals surface area contributed by atoms with Gasteiger partial charge in [0.15, 0.2) is 0 Å². The van der Waals surface area contributed by atoms with Crippen LogP contribution < -0.4 is 10.5 Å². The topological polar surface area (TPSA) is 52.3 Å². The lowest BCUT2D eigenvalue weighted by atomic mass is 10.1. The molecule has 0 amide bonds. The van der Waals surface area contributed by atoms with Crippen molar-refractivity contribution in [3.05, 3.63) is 23.8 Å². The van der Waals surface area contributed by atoms with Crippen molar-refractivity contribution in [3.63, 3.8) is 0 Å². The SMILES string of the molecule is Nc1cccc2c1C(=O)O2. The Bertz CT molecular complexity index is 292. The maximum absolute atomic E-state index is 10.6. The van der Waals surface area contributed by atoms with Crippen LogP contribution in [0.2, 0.25) is 0 Å². The molecular formula is C7H5NO2. The third-order valence-corrected chi connectivity index (χ3v) is 1.47. The summed E-state index contributed by atoms with van der Waals surface area (Å²) in [5.41, 5.74) is 6.47. The number of hydrogen-bond acceptors (Lipinski definition) is 3. The number of carbonyl (C=O) groups excluding carboxylic acids is 1. The average Bonchev–Trinajstić information content (AvgIpc) is 1.85. The van der Waals surface area contributed by atoms with Gasteiger partial charge in [0.25, 0.3) is 0 Å². The van der Waals surface area contributed by atoms with Gasteiger partial charge in [-0.1, -0.05) is 6.07 Å². The normalized spacial score (nSPS) is 13.4. The van der Waals surface area contributed by atoms with E-state index in [-0.39, 0.29) is 5.97 Å². The van der Waals surface area contributed by atoms with Crippen molar-refractivity contribution >= 4 is 11.7 Å². The summed E-state index contributed by atoms with van der Waals surface area (Å²) >= 11 is 0. The molecule has 3 nitrogen and oxygen atoms in total. The fourth-order valence-corrected chi connectivity index (χ4v) is 0.956. The second-order valence-electron chi connectivity index (χ2n) is 2.11. The number of nitrogen functional groups attached to an aromatic ring is 1. The molecule has 0 unspecified atom stereocenters. The zero-order valence-corrected chi connectivity index (χ0v) is 5.13. The maximum Gasteiger partial charge on any atom is 0.349 e. The fraction of sp³-hybridized carbons (Fsp3) is 0. The van der Waals surface area contributed by atoms with E-state index in [1.165, 1.54) is 0 Å². The minimum Gasteiger partial charge on any atom is -0.422 e. The molecule has 2 N–H and O–H groups in total. The Labute approximate surface area is 57.4 Å². The van der Waals surface area contributed by atoms with E-state index in [4.69, 9.17) is 5.73 Å². The molecule has 0 saturated heterocycles. The Kier molecular flexibility index (Phi) is 0.795. The summed E-state index contributed by atoms with van der Waals surface area (Å²) in [6.07, 6.45) is 0. The molecule has 1 aliphatic rings. The molecule has 10 heavy (non-hydrogen) atoms. The molecule has 3 heteroatoms. The van der Waals surface area contributed by atoms with Crippen LogP contribution >= 0.6 is 0 Å². The van der Waals surface area contributed by atoms with Crippen LogP contribution in [0.3, 0.4) is 0 Å². The molecule has 1 aromatic carbocycles. The zero-order valence-electron chi connectivity index (χ0n) is 5.13. The van der Waals surface area contributed by atoms with Gasteiger partial charge in [-0.3, -0.25) is 0 Å². The van der Waals surface area contributed by atoms with Crippen LogP contribution in [0.15, 0.2) is 18.2 Å². The van der Waals surface area contributed by atoms with Gasteiger partial charge in [-0.25, -0.2) is 4.79 Å². The van der Waals surface area contributed by atoms with Crippen LogP contribution in [0.25, 0.3) is 0 Å². The van der Waals surface area contributed by atoms with Crippen molar-refractivity contribution in [1.82, 2.24) is 0 Å². The highest BCUT2D eigenvalue weighted by Crippen LogP contribution is 2.32. The van der Waals surface area contributed by atoms with Crippen molar-refractivity contribution in [1.29, 1.82) is 0 Å². The Morgan fingerprint density at radius 2 is 2.20 bits per heavy atom. The molecule has 0 radical (unpaired) electrons. The number of esters is 1. The maximum atomic E-state index is 10.6. The van der Waals surface area contributed by atoms with Crippen molar-refractivity contribution in [2.75, 3.05) is 5.73 Å². The number of fused-ring (bicyclic) bond motifs is 1. The first-order chi connectivity index (χ1) is 4.79. The summed E-state index contributed by atoms with van der Waals surface area (Å²) < 4.78 is 4.65. The van der Waals surface area contributed by atoms with E-state index in [0.29, 0.717) is 17.0 Å². The number of carbonyl (C=O) groups is 1. The van der Waals surface area contributed by atoms with E-state index in [2.05, 4.69) is 4.74 Å². The standard InChI is InChI=1S/C7H5NO2/c8-4-2-1-3-5-6(4)7(9)10-5/h1-3H,8H2. The highest BCUT2D eigenvalue weighted by Gasteiger charge is 2.27. The van der Waals surface area contributed by atoms with Gasteiger partial charge in [-0.2, -0.15) is 0 Å². The Hall–Kier alpha value is -1.51. The summed E-state index contributed by atoms with van der Waals surface area (Å²) in [7, 11) is 0. The quantitative estimate of drug-likeness (QED) is 0.423. The van der Waals surface area contributed by atoms with Crippen LogP contribution in [0.4, 0.5) is 5.69 Å². The van der Waals surface area contributed by atoms with E-state index >= 15 is 0 Å². The number of benzene rings is 1. The number of nitrogens with two attached hydrogens (primary N) is 1. The minimum atomic E-state index is -0.326. The fourth-order valence-electron chi connectivity index (χ4n) is 0.956. The smallest absolute Gasteiger partial charge is 0.349 e. The van der Waals surface area contributed by atoms with Crippen LogP contribution in [0, 0.1) is 0 Å². The van der Waals surface area contributed by atoms with Crippen LogP contribution in [0.1, 0.15) is 10.4 Å². The van der Waals surface area contributed by atoms with E-state index in [9.17, 15) is 4.79 Å². The molecule has 50 valence electrons. The molecule has 0 bridgehead atoms. The van der Waals surface area contributed by atoms with Gasteiger partial charge in [0.05, 0.1) is 0 Å². The third-order valence-electron chi connectivity index (χ3n) is 1.47. The van der Waals surface area contributed by atoms with Crippen molar-refractivity contribution in [2.45, 2.75) is 0 Å². The van der Waals surface area contributed by atoms with Gasteiger partial charge < -0.3 is 10.5 Å². The molecule has 0 fully saturated rings. The molecule has 0 aliphatic carbocycles. The predicted octanol–water partition coefficient (Wildman–Crippen LogP) is 0.801. The van der Waals surface area contributed by atoms with Crippen LogP contribution in [-0.2, 0) is 0 Å². The van der Waals surface area contributed by atoms with Gasteiger partial charge in [-0.15, -0.1) is 0 Å². The van der Waals surface area contributed by atoms with Gasteiger partial charge in [0.1, 0.15) is 11.3 Å². The van der Waals surface area contributed by atoms with E-state index in [1.807, 2.05) is 0 Å². The molecular weight excluding hydrogens is 130 g/mol. The molecule has 0 spiro atoms. The van der Waals surface area contributed by atoms with Gasteiger partial charge in [0.2, 0.25) is 0 Å². The highest BCUT2D eigenvalue weighted by molar-refractivity contribution is 6.05. The Balaban J connectivity index is 2.68. The summed E-state index contributed by atoms with van der Waals surface area (Å²) in [6.45, 7) is 0. The number of rotatable bonds is 0.